The Kier molecular flexibility index (Phi) is 4.84. The monoisotopic (exact) mass is 492 g/mol. The van der Waals surface area contributed by atoms with E-state index in [0.717, 1.165) is 58.3 Å². The Morgan fingerprint density at radius 2 is 1.92 bits per heavy atom. The van der Waals surface area contributed by atoms with Gasteiger partial charge < -0.3 is 10.3 Å². The van der Waals surface area contributed by atoms with Gasteiger partial charge in [0.15, 0.2) is 11.5 Å². The molecule has 1 saturated carbocycles. The first-order valence-electron chi connectivity index (χ1n) is 11.7. The zero-order valence-corrected chi connectivity index (χ0v) is 19.8. The zero-order chi connectivity index (χ0) is 24.1. The van der Waals surface area contributed by atoms with E-state index in [1.807, 2.05) is 35.7 Å². The van der Waals surface area contributed by atoms with Gasteiger partial charge in [-0.25, -0.2) is 9.97 Å². The zero-order valence-electron chi connectivity index (χ0n) is 19.0. The van der Waals surface area contributed by atoms with Crippen molar-refractivity contribution in [3.05, 3.63) is 59.7 Å². The Labute approximate surface area is 209 Å². The van der Waals surface area contributed by atoms with Crippen LogP contribution in [0.5, 0.6) is 0 Å². The van der Waals surface area contributed by atoms with Crippen LogP contribution in [0.25, 0.3) is 56.1 Å². The molecule has 0 radical (unpaired) electrons. The molecule has 1 aliphatic carbocycles. The lowest BCUT2D eigenvalue weighted by Gasteiger charge is -2.24. The molecule has 10 heteroatoms. The van der Waals surface area contributed by atoms with E-state index in [4.69, 9.17) is 9.97 Å². The number of nitrogens with zero attached hydrogens (tertiary/aromatic N) is 5. The fraction of sp³-hybridized carbons (Fsp3) is 0.154. The molecule has 1 fully saturated rings. The summed E-state index contributed by atoms with van der Waals surface area (Å²) in [6.45, 7) is 0. The Morgan fingerprint density at radius 1 is 1.00 bits per heavy atom. The van der Waals surface area contributed by atoms with Gasteiger partial charge in [0, 0.05) is 34.8 Å². The van der Waals surface area contributed by atoms with Crippen molar-refractivity contribution in [3.8, 4) is 34.0 Å². The number of H-pyrrole nitrogens is 2. The summed E-state index contributed by atoms with van der Waals surface area (Å²) in [4.78, 5) is 34.4. The Balaban J connectivity index is 1.26. The topological polar surface area (TPSA) is 125 Å². The van der Waals surface area contributed by atoms with Gasteiger partial charge in [-0.05, 0) is 48.6 Å². The molecule has 0 bridgehead atoms. The largest absolute Gasteiger partial charge is 0.336 e. The van der Waals surface area contributed by atoms with Crippen molar-refractivity contribution in [3.63, 3.8) is 0 Å². The summed E-state index contributed by atoms with van der Waals surface area (Å²) >= 11 is 1.62. The molecule has 0 aliphatic heterocycles. The number of nitrogens with one attached hydrogen (secondary N) is 3. The minimum absolute atomic E-state index is 0.0573. The van der Waals surface area contributed by atoms with Crippen molar-refractivity contribution >= 4 is 45.0 Å². The first-order chi connectivity index (χ1) is 17.7. The molecule has 6 aromatic heterocycles. The lowest BCUT2D eigenvalue weighted by Crippen LogP contribution is -2.28. The van der Waals surface area contributed by atoms with Crippen LogP contribution < -0.4 is 5.32 Å². The molecule has 3 N–H and O–H groups in total. The Bertz CT molecular complexity index is 1730. The van der Waals surface area contributed by atoms with Crippen LogP contribution in [0.3, 0.4) is 0 Å². The highest BCUT2D eigenvalue weighted by atomic mass is 32.1. The molecule has 0 atom stereocenters. The summed E-state index contributed by atoms with van der Waals surface area (Å²) in [7, 11) is 0. The van der Waals surface area contributed by atoms with Crippen molar-refractivity contribution in [1.82, 2.24) is 35.1 Å². The van der Waals surface area contributed by atoms with Gasteiger partial charge in [-0.3, -0.25) is 19.9 Å². The smallest absolute Gasteiger partial charge is 0.227 e. The van der Waals surface area contributed by atoms with Crippen LogP contribution in [0.1, 0.15) is 19.3 Å². The first-order valence-corrected chi connectivity index (χ1v) is 12.7. The first kappa shape index (κ1) is 20.9. The fourth-order valence-electron chi connectivity index (χ4n) is 4.45. The van der Waals surface area contributed by atoms with E-state index < -0.39 is 0 Å². The minimum Gasteiger partial charge on any atom is -0.336 e. The summed E-state index contributed by atoms with van der Waals surface area (Å²) in [5.41, 5.74) is 7.87. The van der Waals surface area contributed by atoms with Crippen molar-refractivity contribution in [1.29, 1.82) is 0 Å². The lowest BCUT2D eigenvalue weighted by molar-refractivity contribution is -0.122. The summed E-state index contributed by atoms with van der Waals surface area (Å²) in [5.74, 6) is 0.780. The number of imidazole rings is 1. The molecule has 0 spiro atoms. The molecule has 7 rings (SSSR count). The SMILES string of the molecule is O=C(Nc1cncc(-c2ccc3[nH]nc(-c4nc5c(-c6ccsc6)nccc5[nH]4)c3n2)c1)C1CCC1. The molecule has 6 aromatic rings. The lowest BCUT2D eigenvalue weighted by atomic mass is 9.85. The van der Waals surface area contributed by atoms with Crippen LogP contribution in [-0.2, 0) is 4.79 Å². The highest BCUT2D eigenvalue weighted by Gasteiger charge is 2.25. The predicted molar refractivity (Wildman–Crippen MR) is 139 cm³/mol. The van der Waals surface area contributed by atoms with Crippen LogP contribution in [0, 0.1) is 5.92 Å². The summed E-state index contributed by atoms with van der Waals surface area (Å²) in [6.07, 6.45) is 8.20. The van der Waals surface area contributed by atoms with E-state index in [1.165, 1.54) is 0 Å². The number of hydrogen-bond donors (Lipinski definition) is 3. The van der Waals surface area contributed by atoms with Crippen LogP contribution in [0.4, 0.5) is 5.69 Å². The van der Waals surface area contributed by atoms with Gasteiger partial charge in [0.2, 0.25) is 5.91 Å². The van der Waals surface area contributed by atoms with Crippen LogP contribution in [-0.4, -0.2) is 41.0 Å². The predicted octanol–water partition coefficient (Wildman–Crippen LogP) is 5.43. The molecular weight excluding hydrogens is 472 g/mol. The maximum Gasteiger partial charge on any atom is 0.227 e. The minimum atomic E-state index is 0.0573. The number of rotatable bonds is 5. The van der Waals surface area contributed by atoms with Gasteiger partial charge in [-0.2, -0.15) is 16.4 Å². The highest BCUT2D eigenvalue weighted by molar-refractivity contribution is 7.08. The fourth-order valence-corrected chi connectivity index (χ4v) is 5.09. The molecule has 1 amide bonds. The molecule has 1 aliphatic rings. The quantitative estimate of drug-likeness (QED) is 0.295. The third-order valence-corrected chi connectivity index (χ3v) is 7.29. The molecule has 36 heavy (non-hydrogen) atoms. The van der Waals surface area contributed by atoms with Gasteiger partial charge in [-0.1, -0.05) is 6.42 Å². The number of carbonyl (C=O) groups excluding carboxylic acids is 1. The average molecular weight is 493 g/mol. The summed E-state index contributed by atoms with van der Waals surface area (Å²) in [6, 6.07) is 9.70. The Morgan fingerprint density at radius 3 is 2.75 bits per heavy atom. The van der Waals surface area contributed by atoms with Crippen molar-refractivity contribution < 1.29 is 4.79 Å². The third kappa shape index (κ3) is 3.54. The average Bonchev–Trinajstić information content (AvgIpc) is 3.61. The van der Waals surface area contributed by atoms with Crippen molar-refractivity contribution in [2.45, 2.75) is 19.3 Å². The second-order valence-corrected chi connectivity index (χ2v) is 9.68. The molecule has 0 aromatic carbocycles. The number of aromatic nitrogens is 7. The van der Waals surface area contributed by atoms with Gasteiger partial charge >= 0.3 is 0 Å². The normalized spacial score (nSPS) is 13.8. The number of hydrogen-bond acceptors (Lipinski definition) is 7. The number of carbonyl (C=O) groups is 1. The maximum atomic E-state index is 12.4. The molecule has 0 unspecified atom stereocenters. The standard InChI is InChI=1S/C26H20N8OS/c35-26(14-2-1-3-14)29-17-10-16(11-27-12-17)18-4-5-20-23(30-18)24(34-33-20)25-31-19-6-8-28-21(22(19)32-25)15-7-9-36-13-15/h4-14H,1-3H2,(H,29,35)(H,31,32)(H,33,34). The van der Waals surface area contributed by atoms with Gasteiger partial charge in [0.05, 0.1) is 34.3 Å². The van der Waals surface area contributed by atoms with Crippen LogP contribution in [0.15, 0.2) is 59.7 Å². The van der Waals surface area contributed by atoms with Gasteiger partial charge in [-0.15, -0.1) is 0 Å². The number of anilines is 1. The number of thiophene rings is 1. The molecule has 9 nitrogen and oxygen atoms in total. The van der Waals surface area contributed by atoms with E-state index in [2.05, 4.69) is 35.8 Å². The van der Waals surface area contributed by atoms with Gasteiger partial charge in [0.25, 0.3) is 0 Å². The highest BCUT2D eigenvalue weighted by Crippen LogP contribution is 2.32. The van der Waals surface area contributed by atoms with E-state index in [0.29, 0.717) is 22.7 Å². The van der Waals surface area contributed by atoms with Crippen molar-refractivity contribution in [2.24, 2.45) is 5.92 Å². The van der Waals surface area contributed by atoms with Gasteiger partial charge in [0.1, 0.15) is 11.0 Å². The summed E-state index contributed by atoms with van der Waals surface area (Å²) < 4.78 is 0. The van der Waals surface area contributed by atoms with Crippen molar-refractivity contribution in [2.75, 3.05) is 5.32 Å². The van der Waals surface area contributed by atoms with Crippen LogP contribution in [0.2, 0.25) is 0 Å². The number of aromatic amines is 2. The molecule has 176 valence electrons. The molecule has 6 heterocycles. The molecular formula is C26H20N8OS. The van der Waals surface area contributed by atoms with Crippen LogP contribution >= 0.6 is 11.3 Å². The Hall–Kier alpha value is -4.44. The molecule has 0 saturated heterocycles. The number of amides is 1. The number of pyridine rings is 3. The third-order valence-electron chi connectivity index (χ3n) is 6.61. The summed E-state index contributed by atoms with van der Waals surface area (Å²) in [5, 5.41) is 14.6. The second-order valence-electron chi connectivity index (χ2n) is 8.90. The second kappa shape index (κ2) is 8.35. The maximum absolute atomic E-state index is 12.4. The number of fused-ring (bicyclic) bond motifs is 2. The van der Waals surface area contributed by atoms with E-state index >= 15 is 0 Å². The van der Waals surface area contributed by atoms with E-state index in [1.54, 1.807) is 29.9 Å². The van der Waals surface area contributed by atoms with E-state index in [9.17, 15) is 4.79 Å². The van der Waals surface area contributed by atoms with E-state index in [-0.39, 0.29) is 11.8 Å².